The van der Waals surface area contributed by atoms with E-state index >= 15 is 0 Å². The van der Waals surface area contributed by atoms with Gasteiger partial charge in [-0.25, -0.2) is 4.79 Å². The molecule has 0 atom stereocenters. The zero-order valence-corrected chi connectivity index (χ0v) is 13.6. The Balaban J connectivity index is 2.16. The third kappa shape index (κ3) is 3.38. The third-order valence-corrected chi connectivity index (χ3v) is 4.18. The molecule has 1 aromatic carbocycles. The van der Waals surface area contributed by atoms with E-state index in [1.165, 1.54) is 0 Å². The topological polar surface area (TPSA) is 38.8 Å². The van der Waals surface area contributed by atoms with E-state index < -0.39 is 0 Å². The number of hydroxylamine groups is 2. The zero-order valence-electron chi connectivity index (χ0n) is 13.6. The highest BCUT2D eigenvalue weighted by molar-refractivity contribution is 5.89. The SMILES string of the molecule is COc1ccc(C(=O)ON2C(C)(C)CCCC2(C)C)cc1. The minimum Gasteiger partial charge on any atom is -0.497 e. The van der Waals surface area contributed by atoms with Crippen molar-refractivity contribution in [1.29, 1.82) is 0 Å². The van der Waals surface area contributed by atoms with Crippen LogP contribution in [0.5, 0.6) is 5.75 Å². The molecule has 4 heteroatoms. The van der Waals surface area contributed by atoms with Crippen LogP contribution < -0.4 is 4.74 Å². The van der Waals surface area contributed by atoms with Crippen LogP contribution in [0.4, 0.5) is 0 Å². The molecule has 1 saturated heterocycles. The maximum atomic E-state index is 12.4. The molecule has 0 amide bonds. The number of carbonyl (C=O) groups excluding carboxylic acids is 1. The number of benzene rings is 1. The molecular formula is C17H25NO3. The van der Waals surface area contributed by atoms with E-state index in [9.17, 15) is 4.79 Å². The molecule has 21 heavy (non-hydrogen) atoms. The van der Waals surface area contributed by atoms with Crippen LogP contribution in [0.15, 0.2) is 24.3 Å². The van der Waals surface area contributed by atoms with Gasteiger partial charge in [0.2, 0.25) is 0 Å². The number of ether oxygens (including phenoxy) is 1. The van der Waals surface area contributed by atoms with Crippen molar-refractivity contribution in [1.82, 2.24) is 5.06 Å². The lowest BCUT2D eigenvalue weighted by atomic mass is 9.82. The second-order valence-electron chi connectivity index (χ2n) is 6.88. The van der Waals surface area contributed by atoms with Crippen LogP contribution >= 0.6 is 0 Å². The van der Waals surface area contributed by atoms with Crippen molar-refractivity contribution < 1.29 is 14.4 Å². The molecule has 1 aliphatic rings. The summed E-state index contributed by atoms with van der Waals surface area (Å²) >= 11 is 0. The molecule has 4 nitrogen and oxygen atoms in total. The van der Waals surface area contributed by atoms with Gasteiger partial charge in [-0.3, -0.25) is 0 Å². The van der Waals surface area contributed by atoms with Crippen molar-refractivity contribution >= 4 is 5.97 Å². The Kier molecular flexibility index (Phi) is 4.28. The first kappa shape index (κ1) is 15.8. The summed E-state index contributed by atoms with van der Waals surface area (Å²) in [5.41, 5.74) is 0.237. The van der Waals surface area contributed by atoms with E-state index in [4.69, 9.17) is 9.57 Å². The first-order valence-corrected chi connectivity index (χ1v) is 7.43. The first-order valence-electron chi connectivity index (χ1n) is 7.43. The maximum Gasteiger partial charge on any atom is 0.357 e. The Morgan fingerprint density at radius 1 is 1.05 bits per heavy atom. The molecule has 0 bridgehead atoms. The molecule has 0 aromatic heterocycles. The fourth-order valence-corrected chi connectivity index (χ4v) is 3.09. The molecule has 116 valence electrons. The molecule has 0 spiro atoms. The van der Waals surface area contributed by atoms with Gasteiger partial charge in [-0.15, -0.1) is 5.06 Å². The van der Waals surface area contributed by atoms with Gasteiger partial charge in [0.15, 0.2) is 0 Å². The quantitative estimate of drug-likeness (QED) is 0.849. The van der Waals surface area contributed by atoms with Gasteiger partial charge in [0.1, 0.15) is 5.75 Å². The van der Waals surface area contributed by atoms with E-state index in [-0.39, 0.29) is 17.0 Å². The Hall–Kier alpha value is -1.55. The highest BCUT2D eigenvalue weighted by Gasteiger charge is 2.44. The van der Waals surface area contributed by atoms with Gasteiger partial charge in [-0.05, 0) is 71.2 Å². The lowest BCUT2D eigenvalue weighted by molar-refractivity contribution is -0.240. The van der Waals surface area contributed by atoms with E-state index in [0.717, 1.165) is 25.0 Å². The maximum absolute atomic E-state index is 12.4. The van der Waals surface area contributed by atoms with Gasteiger partial charge in [-0.2, -0.15) is 0 Å². The fourth-order valence-electron chi connectivity index (χ4n) is 3.09. The molecule has 0 aliphatic carbocycles. The van der Waals surface area contributed by atoms with E-state index in [1.807, 2.05) is 5.06 Å². The Morgan fingerprint density at radius 3 is 2.05 bits per heavy atom. The Bertz CT molecular complexity index is 489. The second-order valence-corrected chi connectivity index (χ2v) is 6.88. The van der Waals surface area contributed by atoms with Crippen LogP contribution in [0.3, 0.4) is 0 Å². The zero-order chi connectivity index (χ0) is 15.7. The summed E-state index contributed by atoms with van der Waals surface area (Å²) in [5.74, 6) is 0.408. The average molecular weight is 291 g/mol. The van der Waals surface area contributed by atoms with Crippen LogP contribution in [0, 0.1) is 0 Å². The number of piperidine rings is 1. The number of methoxy groups -OCH3 is 1. The molecule has 2 rings (SSSR count). The van der Waals surface area contributed by atoms with Crippen LogP contribution in [0.2, 0.25) is 0 Å². The monoisotopic (exact) mass is 291 g/mol. The van der Waals surface area contributed by atoms with Crippen molar-refractivity contribution in [3.8, 4) is 5.75 Å². The number of hydrogen-bond acceptors (Lipinski definition) is 4. The van der Waals surface area contributed by atoms with Crippen molar-refractivity contribution in [3.63, 3.8) is 0 Å². The van der Waals surface area contributed by atoms with Crippen LogP contribution in [-0.2, 0) is 4.84 Å². The fraction of sp³-hybridized carbons (Fsp3) is 0.588. The van der Waals surface area contributed by atoms with Gasteiger partial charge in [-0.1, -0.05) is 0 Å². The molecule has 1 heterocycles. The highest BCUT2D eigenvalue weighted by Crippen LogP contribution is 2.38. The van der Waals surface area contributed by atoms with Crippen molar-refractivity contribution in [2.24, 2.45) is 0 Å². The van der Waals surface area contributed by atoms with Gasteiger partial charge in [0, 0.05) is 0 Å². The predicted molar refractivity (Wildman–Crippen MR) is 82.3 cm³/mol. The molecule has 0 N–H and O–H groups in total. The normalized spacial score (nSPS) is 20.8. The van der Waals surface area contributed by atoms with E-state index in [0.29, 0.717) is 5.56 Å². The van der Waals surface area contributed by atoms with E-state index in [2.05, 4.69) is 27.7 Å². The molecule has 0 saturated carbocycles. The summed E-state index contributed by atoms with van der Waals surface area (Å²) < 4.78 is 5.10. The summed E-state index contributed by atoms with van der Waals surface area (Å²) in [7, 11) is 1.60. The van der Waals surface area contributed by atoms with E-state index in [1.54, 1.807) is 31.4 Å². The van der Waals surface area contributed by atoms with Crippen molar-refractivity contribution in [3.05, 3.63) is 29.8 Å². The largest absolute Gasteiger partial charge is 0.497 e. The van der Waals surface area contributed by atoms with Gasteiger partial charge in [0.05, 0.1) is 23.8 Å². The Morgan fingerprint density at radius 2 is 1.57 bits per heavy atom. The minimum absolute atomic E-state index is 0.149. The first-order chi connectivity index (χ1) is 9.76. The lowest BCUT2D eigenvalue weighted by Crippen LogP contribution is -2.58. The average Bonchev–Trinajstić information content (AvgIpc) is 2.42. The standard InChI is InChI=1S/C17H25NO3/c1-16(2)11-6-12-17(3,4)18(16)21-15(19)13-7-9-14(20-5)10-8-13/h7-10H,6,11-12H2,1-5H3. The summed E-state index contributed by atoms with van der Waals surface area (Å²) in [6, 6.07) is 6.99. The van der Waals surface area contributed by atoms with Gasteiger partial charge in [0.25, 0.3) is 0 Å². The summed E-state index contributed by atoms with van der Waals surface area (Å²) in [5, 5.41) is 1.87. The van der Waals surface area contributed by atoms with Crippen molar-refractivity contribution in [2.45, 2.75) is 58.0 Å². The van der Waals surface area contributed by atoms with Crippen LogP contribution in [0.1, 0.15) is 57.3 Å². The smallest absolute Gasteiger partial charge is 0.357 e. The van der Waals surface area contributed by atoms with Gasteiger partial charge >= 0.3 is 5.97 Å². The minimum atomic E-state index is -0.319. The number of nitrogens with zero attached hydrogens (tertiary/aromatic N) is 1. The van der Waals surface area contributed by atoms with Gasteiger partial charge < -0.3 is 9.57 Å². The molecule has 1 aliphatic heterocycles. The Labute approximate surface area is 127 Å². The molecular weight excluding hydrogens is 266 g/mol. The number of rotatable bonds is 3. The third-order valence-electron chi connectivity index (χ3n) is 4.18. The second kappa shape index (κ2) is 5.68. The lowest BCUT2D eigenvalue weighted by Gasteiger charge is -2.50. The number of carbonyl (C=O) groups is 1. The van der Waals surface area contributed by atoms with Crippen LogP contribution in [0.25, 0.3) is 0 Å². The van der Waals surface area contributed by atoms with Crippen LogP contribution in [-0.4, -0.2) is 29.2 Å². The number of hydrogen-bond donors (Lipinski definition) is 0. The molecule has 0 radical (unpaired) electrons. The summed E-state index contributed by atoms with van der Waals surface area (Å²) in [6.45, 7) is 8.48. The highest BCUT2D eigenvalue weighted by atomic mass is 16.7. The van der Waals surface area contributed by atoms with Crippen molar-refractivity contribution in [2.75, 3.05) is 7.11 Å². The predicted octanol–water partition coefficient (Wildman–Crippen LogP) is 3.81. The molecule has 1 fully saturated rings. The molecule has 1 aromatic rings. The summed E-state index contributed by atoms with van der Waals surface area (Å²) in [6.07, 6.45) is 3.19. The molecule has 0 unspecified atom stereocenters. The summed E-state index contributed by atoms with van der Waals surface area (Å²) in [4.78, 5) is 18.1.